The maximum absolute atomic E-state index is 13.1. The van der Waals surface area contributed by atoms with Crippen molar-refractivity contribution in [1.82, 2.24) is 19.5 Å². The number of hydrogen-bond donors (Lipinski definition) is 0. The number of benzene rings is 6. The molecule has 406 valence electrons. The fourth-order valence-electron chi connectivity index (χ4n) is 9.66. The summed E-state index contributed by atoms with van der Waals surface area (Å²) in [4.78, 5) is 47.0. The fourth-order valence-corrected chi connectivity index (χ4v) is 9.66. The van der Waals surface area contributed by atoms with Gasteiger partial charge in [-0.2, -0.15) is 9.97 Å². The Hall–Kier alpha value is -8.03. The molecule has 0 atom stereocenters. The molecule has 0 fully saturated rings. The highest BCUT2D eigenvalue weighted by Crippen LogP contribution is 2.45. The number of esters is 2. The summed E-state index contributed by atoms with van der Waals surface area (Å²) in [5.41, 5.74) is 6.65. The lowest BCUT2D eigenvalue weighted by Crippen LogP contribution is -2.30. The monoisotopic (exact) mass is 1050 g/mol. The van der Waals surface area contributed by atoms with Crippen LogP contribution in [0.5, 0.6) is 11.5 Å². The molecule has 78 heavy (non-hydrogen) atoms. The smallest absolute Gasteiger partial charge is 0.305 e. The second-order valence-corrected chi connectivity index (χ2v) is 19.4. The first-order valence-corrected chi connectivity index (χ1v) is 27.6. The Balaban J connectivity index is 1.29. The van der Waals surface area contributed by atoms with Gasteiger partial charge in [0.25, 0.3) is 0 Å². The van der Waals surface area contributed by atoms with E-state index < -0.39 is 18.2 Å². The predicted molar refractivity (Wildman–Crippen MR) is 309 cm³/mol. The van der Waals surface area contributed by atoms with E-state index >= 15 is 0 Å². The number of rotatable bonds is 31. The molecule has 13 heteroatoms. The molecule has 0 saturated heterocycles. The summed E-state index contributed by atoms with van der Waals surface area (Å²) in [6.45, 7) is 4.06. The van der Waals surface area contributed by atoms with Crippen LogP contribution in [-0.4, -0.2) is 65.0 Å². The average molecular weight is 1050 g/mol. The molecular weight excluding hydrogens is 977 g/mol. The maximum atomic E-state index is 13.1. The van der Waals surface area contributed by atoms with Crippen molar-refractivity contribution in [3.8, 4) is 11.5 Å². The number of ether oxygens (including phenoxy) is 5. The van der Waals surface area contributed by atoms with Gasteiger partial charge in [0, 0.05) is 24.2 Å². The van der Waals surface area contributed by atoms with Crippen LogP contribution in [0.2, 0.25) is 0 Å². The summed E-state index contributed by atoms with van der Waals surface area (Å²) in [5.74, 6) is 1.67. The minimum atomic E-state index is -0.788. The Kier molecular flexibility index (Phi) is 21.2. The normalized spacial score (nSPS) is 11.3. The average Bonchev–Trinajstić information content (AvgIpc) is 3.91. The molecule has 2 heterocycles. The summed E-state index contributed by atoms with van der Waals surface area (Å²) in [6, 6.07) is 56.5. The molecule has 0 spiro atoms. The van der Waals surface area contributed by atoms with Gasteiger partial charge in [-0.1, -0.05) is 187 Å². The summed E-state index contributed by atoms with van der Waals surface area (Å²) in [7, 11) is 3.31. The minimum absolute atomic E-state index is 0.0765. The molecule has 0 unspecified atom stereocenters. The molecule has 0 aliphatic rings. The number of nitrogens with zero attached hydrogens (tertiary/aromatic N) is 6. The van der Waals surface area contributed by atoms with Crippen LogP contribution in [0.3, 0.4) is 0 Å². The Bertz CT molecular complexity index is 2930. The fraction of sp³-hybridized carbons (Fsp3) is 0.338. The molecule has 8 aromatic rings. The van der Waals surface area contributed by atoms with Gasteiger partial charge in [0.1, 0.15) is 37.5 Å². The maximum Gasteiger partial charge on any atom is 0.305 e. The zero-order valence-corrected chi connectivity index (χ0v) is 45.6. The number of aromatic nitrogens is 4. The number of anilines is 4. The van der Waals surface area contributed by atoms with Gasteiger partial charge in [-0.05, 0) is 83.6 Å². The van der Waals surface area contributed by atoms with Crippen LogP contribution in [0.15, 0.2) is 176 Å². The minimum Gasteiger partial charge on any atom is -0.497 e. The molecule has 2 aromatic heterocycles. The van der Waals surface area contributed by atoms with Gasteiger partial charge in [0.15, 0.2) is 17.0 Å². The lowest BCUT2D eigenvalue weighted by atomic mass is 9.96. The summed E-state index contributed by atoms with van der Waals surface area (Å²) >= 11 is 0. The van der Waals surface area contributed by atoms with Gasteiger partial charge >= 0.3 is 11.9 Å². The largest absolute Gasteiger partial charge is 0.497 e. The van der Waals surface area contributed by atoms with Gasteiger partial charge < -0.3 is 28.6 Å². The van der Waals surface area contributed by atoms with Gasteiger partial charge in [0.05, 0.1) is 32.6 Å². The van der Waals surface area contributed by atoms with Crippen LogP contribution < -0.4 is 19.3 Å². The van der Waals surface area contributed by atoms with Crippen molar-refractivity contribution < 1.29 is 33.3 Å². The van der Waals surface area contributed by atoms with Crippen LogP contribution in [0.1, 0.15) is 125 Å². The number of fused-ring (bicyclic) bond motifs is 1. The van der Waals surface area contributed by atoms with Gasteiger partial charge in [-0.3, -0.25) is 19.1 Å². The third kappa shape index (κ3) is 15.1. The van der Waals surface area contributed by atoms with Crippen LogP contribution in [0.25, 0.3) is 11.2 Å². The molecular formula is C65H74N6O7. The Morgan fingerprint density at radius 2 is 0.910 bits per heavy atom. The quantitative estimate of drug-likeness (QED) is 0.0303. The summed E-state index contributed by atoms with van der Waals surface area (Å²) in [6.07, 6.45) is 11.6. The molecule has 0 saturated carbocycles. The van der Waals surface area contributed by atoms with Gasteiger partial charge in [-0.25, -0.2) is 4.98 Å². The van der Waals surface area contributed by atoms with E-state index in [0.717, 1.165) is 97.8 Å². The molecule has 0 N–H and O–H groups in total. The number of imidazole rings is 1. The van der Waals surface area contributed by atoms with Crippen molar-refractivity contribution >= 4 is 46.2 Å². The number of hydrogen-bond acceptors (Lipinski definition) is 12. The third-order valence-electron chi connectivity index (χ3n) is 13.8. The first-order valence-electron chi connectivity index (χ1n) is 27.6. The molecule has 0 bridgehead atoms. The molecule has 0 aliphatic heterocycles. The molecule has 6 aromatic carbocycles. The van der Waals surface area contributed by atoms with Crippen LogP contribution in [0, 0.1) is 0 Å². The van der Waals surface area contributed by atoms with E-state index in [1.165, 1.54) is 0 Å². The zero-order chi connectivity index (χ0) is 54.3. The number of carbonyl (C=O) groups excluding carboxylic acids is 2. The van der Waals surface area contributed by atoms with Gasteiger partial charge in [-0.15, -0.1) is 0 Å². The number of unbranched alkanes of at least 4 members (excludes halogenated alkanes) is 8. The van der Waals surface area contributed by atoms with Gasteiger partial charge in [0.2, 0.25) is 5.95 Å². The molecule has 0 radical (unpaired) electrons. The third-order valence-corrected chi connectivity index (χ3v) is 13.8. The Labute approximate surface area is 460 Å². The Morgan fingerprint density at radius 3 is 1.33 bits per heavy atom. The predicted octanol–water partition coefficient (Wildman–Crippen LogP) is 14.8. The van der Waals surface area contributed by atoms with E-state index in [4.69, 9.17) is 38.6 Å². The van der Waals surface area contributed by atoms with E-state index in [-0.39, 0.29) is 31.9 Å². The Morgan fingerprint density at radius 1 is 0.500 bits per heavy atom. The van der Waals surface area contributed by atoms with Crippen molar-refractivity contribution in [1.29, 1.82) is 0 Å². The van der Waals surface area contributed by atoms with E-state index in [0.29, 0.717) is 47.3 Å². The first kappa shape index (κ1) is 56.2. The van der Waals surface area contributed by atoms with Crippen molar-refractivity contribution in [3.63, 3.8) is 0 Å². The molecule has 0 aliphatic carbocycles. The molecule has 0 amide bonds. The standard InChI is InChI=1S/C65H74N6O7/c1-5-7-9-11-25-35-58(72)76-45-57(46-77-59(73)36-26-12-10-8-6-2)78-48-69-47-66-60-63(69)67-65(71(54-39-43-56(75-4)44-40-54)62(51-31-21-15-22-32-51)52-33-23-16-24-34-52)68-64(60)70(53-37-41-55(74-3)42-38-53)61(49-27-17-13-18-28-49)50-29-19-14-20-30-50/h13-24,27-34,37-44,47,57,61-62H,5-12,25-26,35-36,45-46,48H2,1-4H3. The van der Waals surface area contributed by atoms with Crippen molar-refractivity contribution in [3.05, 3.63) is 198 Å². The first-order chi connectivity index (χ1) is 38.4. The second kappa shape index (κ2) is 29.5. The van der Waals surface area contributed by atoms with Crippen molar-refractivity contribution in [2.45, 2.75) is 116 Å². The second-order valence-electron chi connectivity index (χ2n) is 19.4. The van der Waals surface area contributed by atoms with E-state index in [1.54, 1.807) is 20.5 Å². The lowest BCUT2D eigenvalue weighted by molar-refractivity contribution is -0.157. The highest BCUT2D eigenvalue weighted by Gasteiger charge is 2.33. The van der Waals surface area contributed by atoms with Crippen LogP contribution in [0.4, 0.5) is 23.1 Å². The SMILES string of the molecule is CCCCCCCC(=O)OCC(COC(=O)CCCCCCC)OCn1cnc2c(N(c3ccc(OC)cc3)C(c3ccccc3)c3ccccc3)nc(N(c3ccc(OC)cc3)C(c3ccccc3)c3ccccc3)nc21. The van der Waals surface area contributed by atoms with E-state index in [2.05, 4.69) is 72.2 Å². The topological polar surface area (TPSA) is 130 Å². The van der Waals surface area contributed by atoms with E-state index in [9.17, 15) is 9.59 Å². The van der Waals surface area contributed by atoms with Crippen LogP contribution in [-0.2, 0) is 30.5 Å². The van der Waals surface area contributed by atoms with Crippen molar-refractivity contribution in [2.24, 2.45) is 0 Å². The van der Waals surface area contributed by atoms with Crippen LogP contribution >= 0.6 is 0 Å². The molecule has 13 nitrogen and oxygen atoms in total. The lowest BCUT2D eigenvalue weighted by Gasteiger charge is -2.36. The molecule has 8 rings (SSSR count). The highest BCUT2D eigenvalue weighted by atomic mass is 16.6. The van der Waals surface area contributed by atoms with E-state index in [1.807, 2.05) is 126 Å². The number of carbonyl (C=O) groups is 2. The summed E-state index contributed by atoms with van der Waals surface area (Å²) in [5, 5.41) is 0. The highest BCUT2D eigenvalue weighted by molar-refractivity contribution is 5.89. The van der Waals surface area contributed by atoms with Crippen molar-refractivity contribution in [2.75, 3.05) is 37.2 Å². The zero-order valence-electron chi connectivity index (χ0n) is 45.6. The number of methoxy groups -OCH3 is 2. The summed E-state index contributed by atoms with van der Waals surface area (Å²) < 4.78 is 31.6.